The first-order valence-corrected chi connectivity index (χ1v) is 6.05. The van der Waals surface area contributed by atoms with Crippen molar-refractivity contribution in [3.63, 3.8) is 0 Å². The molecule has 0 aromatic carbocycles. The van der Waals surface area contributed by atoms with E-state index in [0.29, 0.717) is 18.7 Å². The molecule has 1 aliphatic heterocycles. The molecule has 0 aliphatic carbocycles. The second kappa shape index (κ2) is 5.13. The number of pyridine rings is 1. The van der Waals surface area contributed by atoms with E-state index in [4.69, 9.17) is 11.5 Å². The fraction of sp³-hybridized carbons (Fsp3) is 0.417. The molecular weight excluding hydrogens is 248 g/mol. The zero-order chi connectivity index (χ0) is 14.0. The van der Waals surface area contributed by atoms with Crippen LogP contribution in [-0.4, -0.2) is 34.6 Å². The van der Waals surface area contributed by atoms with E-state index >= 15 is 0 Å². The maximum atomic E-state index is 11.5. The Hall–Kier alpha value is -2.31. The van der Waals surface area contributed by atoms with Crippen molar-refractivity contribution in [2.24, 2.45) is 5.73 Å². The summed E-state index contributed by atoms with van der Waals surface area (Å²) in [5.41, 5.74) is 11.3. The molecule has 0 radical (unpaired) electrons. The highest BCUT2D eigenvalue weighted by molar-refractivity contribution is 5.96. The number of aromatic nitrogens is 1. The average molecular weight is 264 g/mol. The average Bonchev–Trinajstić information content (AvgIpc) is 2.38. The Balaban J connectivity index is 2.44. The van der Waals surface area contributed by atoms with Gasteiger partial charge in [0.05, 0.1) is 17.4 Å². The lowest BCUT2D eigenvalue weighted by atomic mass is 10.00. The number of rotatable bonds is 3. The summed E-state index contributed by atoms with van der Waals surface area (Å²) >= 11 is 0. The van der Waals surface area contributed by atoms with E-state index in [9.17, 15) is 14.7 Å². The summed E-state index contributed by atoms with van der Waals surface area (Å²) in [4.78, 5) is 28.4. The minimum absolute atomic E-state index is 0.0423. The number of aromatic carboxylic acids is 1. The van der Waals surface area contributed by atoms with Gasteiger partial charge in [0.1, 0.15) is 11.9 Å². The van der Waals surface area contributed by atoms with E-state index in [0.717, 1.165) is 12.8 Å². The molecule has 0 saturated carbocycles. The first kappa shape index (κ1) is 13.1. The van der Waals surface area contributed by atoms with Gasteiger partial charge in [-0.05, 0) is 25.3 Å². The van der Waals surface area contributed by atoms with E-state index in [1.54, 1.807) is 4.90 Å². The van der Waals surface area contributed by atoms with Crippen molar-refractivity contribution in [1.82, 2.24) is 4.98 Å². The van der Waals surface area contributed by atoms with Gasteiger partial charge in [-0.25, -0.2) is 9.78 Å². The van der Waals surface area contributed by atoms with Crippen molar-refractivity contribution in [3.8, 4) is 0 Å². The van der Waals surface area contributed by atoms with Crippen LogP contribution in [-0.2, 0) is 4.79 Å². The number of hydrogen-bond donors (Lipinski definition) is 3. The van der Waals surface area contributed by atoms with E-state index in [2.05, 4.69) is 4.98 Å². The molecule has 7 heteroatoms. The summed E-state index contributed by atoms with van der Waals surface area (Å²) in [5.74, 6) is -1.42. The van der Waals surface area contributed by atoms with Gasteiger partial charge in [0, 0.05) is 6.54 Å². The predicted octanol–water partition coefficient (Wildman–Crippen LogP) is 0.206. The zero-order valence-corrected chi connectivity index (χ0v) is 10.4. The van der Waals surface area contributed by atoms with Crippen LogP contribution in [0.15, 0.2) is 12.3 Å². The number of hydrogen-bond acceptors (Lipinski definition) is 5. The molecule has 1 atom stereocenters. The topological polar surface area (TPSA) is 123 Å². The third kappa shape index (κ3) is 2.59. The van der Waals surface area contributed by atoms with Crippen LogP contribution in [0.3, 0.4) is 0 Å². The second-order valence-electron chi connectivity index (χ2n) is 4.54. The van der Waals surface area contributed by atoms with E-state index in [1.165, 1.54) is 12.3 Å². The molecule has 2 heterocycles. The summed E-state index contributed by atoms with van der Waals surface area (Å²) in [6, 6.07) is 0.807. The molecule has 1 fully saturated rings. The van der Waals surface area contributed by atoms with Crippen molar-refractivity contribution >= 4 is 23.4 Å². The highest BCUT2D eigenvalue weighted by Gasteiger charge is 2.30. The Kier molecular flexibility index (Phi) is 3.55. The van der Waals surface area contributed by atoms with Gasteiger partial charge in [-0.2, -0.15) is 0 Å². The van der Waals surface area contributed by atoms with Crippen LogP contribution >= 0.6 is 0 Å². The fourth-order valence-corrected chi connectivity index (χ4v) is 2.38. The first-order chi connectivity index (χ1) is 9.00. The van der Waals surface area contributed by atoms with Crippen molar-refractivity contribution < 1.29 is 14.7 Å². The van der Waals surface area contributed by atoms with Crippen molar-refractivity contribution in [2.75, 3.05) is 17.2 Å². The van der Waals surface area contributed by atoms with Gasteiger partial charge in [0.15, 0.2) is 0 Å². The van der Waals surface area contributed by atoms with Gasteiger partial charge in [0.2, 0.25) is 5.91 Å². The van der Waals surface area contributed by atoms with Crippen LogP contribution in [0.4, 0.5) is 11.5 Å². The van der Waals surface area contributed by atoms with Gasteiger partial charge in [-0.1, -0.05) is 0 Å². The minimum atomic E-state index is -1.10. The molecule has 1 unspecified atom stereocenters. The molecule has 0 spiro atoms. The Bertz CT molecular complexity index is 518. The fourth-order valence-electron chi connectivity index (χ4n) is 2.38. The molecule has 0 bridgehead atoms. The van der Waals surface area contributed by atoms with Crippen molar-refractivity contribution in [3.05, 3.63) is 17.8 Å². The van der Waals surface area contributed by atoms with E-state index in [1.807, 2.05) is 0 Å². The molecule has 7 nitrogen and oxygen atoms in total. The van der Waals surface area contributed by atoms with Crippen LogP contribution < -0.4 is 16.4 Å². The highest BCUT2D eigenvalue weighted by atomic mass is 16.4. The summed E-state index contributed by atoms with van der Waals surface area (Å²) in [5, 5.41) is 9.22. The highest BCUT2D eigenvalue weighted by Crippen LogP contribution is 2.28. The van der Waals surface area contributed by atoms with Crippen LogP contribution in [0.25, 0.3) is 0 Å². The van der Waals surface area contributed by atoms with Crippen molar-refractivity contribution in [1.29, 1.82) is 0 Å². The normalized spacial score (nSPS) is 19.2. The van der Waals surface area contributed by atoms with Crippen LogP contribution in [0.2, 0.25) is 0 Å². The zero-order valence-electron chi connectivity index (χ0n) is 10.4. The van der Waals surface area contributed by atoms with Crippen LogP contribution in [0, 0.1) is 0 Å². The van der Waals surface area contributed by atoms with Crippen LogP contribution in [0.5, 0.6) is 0 Å². The predicted molar refractivity (Wildman–Crippen MR) is 69.8 cm³/mol. The number of anilines is 2. The Morgan fingerprint density at radius 1 is 1.42 bits per heavy atom. The number of amides is 1. The Morgan fingerprint density at radius 3 is 2.79 bits per heavy atom. The van der Waals surface area contributed by atoms with Gasteiger partial charge in [-0.3, -0.25) is 4.79 Å². The largest absolute Gasteiger partial charge is 0.478 e. The number of carbonyl (C=O) groups excluding carboxylic acids is 1. The molecule has 1 saturated heterocycles. The number of carboxylic acids is 1. The maximum absolute atomic E-state index is 11.5. The molecule has 1 aliphatic rings. The lowest BCUT2D eigenvalue weighted by Crippen LogP contribution is -2.48. The van der Waals surface area contributed by atoms with E-state index < -0.39 is 17.9 Å². The lowest BCUT2D eigenvalue weighted by molar-refractivity contribution is -0.119. The summed E-state index contributed by atoms with van der Waals surface area (Å²) in [6.07, 6.45) is 3.79. The maximum Gasteiger partial charge on any atom is 0.338 e. The van der Waals surface area contributed by atoms with Gasteiger partial charge < -0.3 is 21.5 Å². The summed E-state index contributed by atoms with van der Waals surface area (Å²) in [7, 11) is 0. The molecule has 2 rings (SSSR count). The number of carbonyl (C=O) groups is 2. The Labute approximate surface area is 110 Å². The van der Waals surface area contributed by atoms with E-state index in [-0.39, 0.29) is 11.4 Å². The summed E-state index contributed by atoms with van der Waals surface area (Å²) in [6.45, 7) is 0.583. The quantitative estimate of drug-likeness (QED) is 0.717. The lowest BCUT2D eigenvalue weighted by Gasteiger charge is -2.36. The van der Waals surface area contributed by atoms with Crippen LogP contribution in [0.1, 0.15) is 29.6 Å². The molecule has 19 heavy (non-hydrogen) atoms. The van der Waals surface area contributed by atoms with Gasteiger partial charge in [-0.15, -0.1) is 0 Å². The number of nitrogen functional groups attached to an aromatic ring is 1. The summed E-state index contributed by atoms with van der Waals surface area (Å²) < 4.78 is 0. The SMILES string of the molecule is NC(=O)C1CCCCN1c1cnc(N)cc1C(=O)O. The van der Waals surface area contributed by atoms with Crippen molar-refractivity contribution in [2.45, 2.75) is 25.3 Å². The van der Waals surface area contributed by atoms with Gasteiger partial charge in [0.25, 0.3) is 0 Å². The molecule has 1 aromatic rings. The Morgan fingerprint density at radius 2 is 2.16 bits per heavy atom. The third-order valence-electron chi connectivity index (χ3n) is 3.28. The minimum Gasteiger partial charge on any atom is -0.478 e. The number of nitrogens with zero attached hydrogens (tertiary/aromatic N) is 2. The molecule has 5 N–H and O–H groups in total. The third-order valence-corrected chi connectivity index (χ3v) is 3.28. The first-order valence-electron chi connectivity index (χ1n) is 6.05. The molecular formula is C12H16N4O3. The number of carboxylic acid groups (broad SMARTS) is 1. The number of piperidine rings is 1. The smallest absolute Gasteiger partial charge is 0.338 e. The second-order valence-corrected chi connectivity index (χ2v) is 4.54. The van der Waals surface area contributed by atoms with Gasteiger partial charge >= 0.3 is 5.97 Å². The number of primary amides is 1. The molecule has 1 amide bonds. The number of nitrogens with two attached hydrogens (primary N) is 2. The standard InChI is InChI=1S/C12H16N4O3/c13-10-5-7(12(18)19)9(6-15-10)16-4-2-1-3-8(16)11(14)17/h5-6,8H,1-4H2,(H2,13,15)(H2,14,17)(H,18,19). The molecule has 102 valence electrons. The molecule has 1 aromatic heterocycles. The monoisotopic (exact) mass is 264 g/mol.